The van der Waals surface area contributed by atoms with Crippen molar-refractivity contribution in [3.8, 4) is 0 Å². The summed E-state index contributed by atoms with van der Waals surface area (Å²) in [6, 6.07) is 14.7. The Morgan fingerprint density at radius 3 is 2.37 bits per heavy atom. The van der Waals surface area contributed by atoms with Crippen LogP contribution in [0.1, 0.15) is 35.2 Å². The summed E-state index contributed by atoms with van der Waals surface area (Å²) in [5.41, 5.74) is 3.23. The van der Waals surface area contributed by atoms with Gasteiger partial charge in [0.05, 0.1) is 11.8 Å². The van der Waals surface area contributed by atoms with E-state index in [4.69, 9.17) is 0 Å². The zero-order valence-electron chi connectivity index (χ0n) is 16.6. The van der Waals surface area contributed by atoms with E-state index < -0.39 is 17.8 Å². The number of para-hydroxylation sites is 1. The van der Waals surface area contributed by atoms with Crippen LogP contribution in [0.25, 0.3) is 0 Å². The van der Waals surface area contributed by atoms with Crippen LogP contribution >= 0.6 is 0 Å². The molecular formula is C24H24N2O4. The predicted molar refractivity (Wildman–Crippen MR) is 115 cm³/mol. The average Bonchev–Trinajstić information content (AvgIpc) is 2.78. The molecule has 2 aromatic carbocycles. The molecule has 0 aromatic heterocycles. The van der Waals surface area contributed by atoms with Gasteiger partial charge in [0.1, 0.15) is 0 Å². The molecule has 1 aliphatic heterocycles. The average molecular weight is 404 g/mol. The van der Waals surface area contributed by atoms with E-state index in [1.165, 1.54) is 5.56 Å². The van der Waals surface area contributed by atoms with E-state index in [9.17, 15) is 19.5 Å². The van der Waals surface area contributed by atoms with Gasteiger partial charge in [0, 0.05) is 23.5 Å². The van der Waals surface area contributed by atoms with Gasteiger partial charge < -0.3 is 15.3 Å². The van der Waals surface area contributed by atoms with Crippen LogP contribution in [0.5, 0.6) is 0 Å². The second-order valence-corrected chi connectivity index (χ2v) is 7.75. The van der Waals surface area contributed by atoms with Gasteiger partial charge in [-0.3, -0.25) is 14.4 Å². The second-order valence-electron chi connectivity index (χ2n) is 7.75. The molecule has 4 rings (SSSR count). The first-order chi connectivity index (χ1) is 14.5. The highest BCUT2D eigenvalue weighted by molar-refractivity contribution is 6.07. The molecule has 1 aliphatic carbocycles. The van der Waals surface area contributed by atoms with Crippen molar-refractivity contribution in [1.82, 2.24) is 0 Å². The minimum Gasteiger partial charge on any atom is -0.481 e. The molecule has 0 bridgehead atoms. The van der Waals surface area contributed by atoms with E-state index in [0.29, 0.717) is 30.6 Å². The third-order valence-electron chi connectivity index (χ3n) is 5.84. The van der Waals surface area contributed by atoms with Crippen molar-refractivity contribution in [3.05, 3.63) is 71.8 Å². The fourth-order valence-electron chi connectivity index (χ4n) is 4.21. The number of carboxylic acids is 1. The maximum Gasteiger partial charge on any atom is 0.307 e. The number of carbonyl (C=O) groups excluding carboxylic acids is 2. The smallest absolute Gasteiger partial charge is 0.307 e. The van der Waals surface area contributed by atoms with Gasteiger partial charge in [-0.15, -0.1) is 0 Å². The molecule has 0 saturated carbocycles. The number of fused-ring (bicyclic) bond motifs is 1. The van der Waals surface area contributed by atoms with Crippen molar-refractivity contribution < 1.29 is 19.5 Å². The van der Waals surface area contributed by atoms with Crippen molar-refractivity contribution in [2.24, 2.45) is 11.8 Å². The number of rotatable bonds is 4. The molecular weight excluding hydrogens is 380 g/mol. The van der Waals surface area contributed by atoms with E-state index in [2.05, 4.69) is 11.4 Å². The van der Waals surface area contributed by atoms with Crippen LogP contribution < -0.4 is 10.2 Å². The Labute approximate surface area is 175 Å². The molecule has 1 heterocycles. The highest BCUT2D eigenvalue weighted by atomic mass is 16.4. The number of carboxylic acid groups (broad SMARTS) is 1. The number of hydrogen-bond acceptors (Lipinski definition) is 3. The molecule has 0 spiro atoms. The largest absolute Gasteiger partial charge is 0.481 e. The first-order valence-corrected chi connectivity index (χ1v) is 10.2. The summed E-state index contributed by atoms with van der Waals surface area (Å²) in [6.07, 6.45) is 6.33. The molecule has 0 radical (unpaired) electrons. The monoisotopic (exact) mass is 404 g/mol. The van der Waals surface area contributed by atoms with Crippen molar-refractivity contribution >= 4 is 29.2 Å². The molecule has 2 N–H and O–H groups in total. The Hall–Kier alpha value is -3.41. The molecule has 2 aromatic rings. The lowest BCUT2D eigenvalue weighted by Crippen LogP contribution is -2.35. The topological polar surface area (TPSA) is 86.7 Å². The minimum atomic E-state index is -0.956. The number of aryl methyl sites for hydroxylation is 1. The van der Waals surface area contributed by atoms with Gasteiger partial charge in [-0.05, 0) is 61.6 Å². The van der Waals surface area contributed by atoms with Gasteiger partial charge in [-0.25, -0.2) is 0 Å². The van der Waals surface area contributed by atoms with E-state index >= 15 is 0 Å². The summed E-state index contributed by atoms with van der Waals surface area (Å²) in [5, 5.41) is 12.2. The van der Waals surface area contributed by atoms with Crippen molar-refractivity contribution in [2.75, 3.05) is 16.8 Å². The van der Waals surface area contributed by atoms with E-state index in [0.717, 1.165) is 18.5 Å². The van der Waals surface area contributed by atoms with Gasteiger partial charge in [0.15, 0.2) is 0 Å². The molecule has 2 amide bonds. The SMILES string of the molecule is O=C(O)C1CC=CCC1C(=O)Nc1ccc(C(=O)N2CCCc3ccccc32)cc1. The highest BCUT2D eigenvalue weighted by Gasteiger charge is 2.34. The number of benzene rings is 2. The zero-order valence-corrected chi connectivity index (χ0v) is 16.6. The van der Waals surface area contributed by atoms with E-state index in [1.54, 1.807) is 29.2 Å². The maximum absolute atomic E-state index is 13.0. The van der Waals surface area contributed by atoms with E-state index in [-0.39, 0.29) is 11.8 Å². The Morgan fingerprint density at radius 1 is 0.933 bits per heavy atom. The molecule has 2 aliphatic rings. The van der Waals surface area contributed by atoms with Crippen LogP contribution in [-0.4, -0.2) is 29.4 Å². The molecule has 2 atom stereocenters. The summed E-state index contributed by atoms with van der Waals surface area (Å²) in [6.45, 7) is 0.681. The lowest BCUT2D eigenvalue weighted by atomic mass is 9.82. The Kier molecular flexibility index (Phi) is 5.65. The predicted octanol–water partition coefficient (Wildman–Crippen LogP) is 3.89. The molecule has 0 saturated heterocycles. The quantitative estimate of drug-likeness (QED) is 0.757. The number of hydrogen-bond donors (Lipinski definition) is 2. The van der Waals surface area contributed by atoms with Crippen LogP contribution in [0.3, 0.4) is 0 Å². The highest BCUT2D eigenvalue weighted by Crippen LogP contribution is 2.29. The van der Waals surface area contributed by atoms with Crippen molar-refractivity contribution in [2.45, 2.75) is 25.7 Å². The number of aliphatic carboxylic acids is 1. The Morgan fingerprint density at radius 2 is 1.63 bits per heavy atom. The van der Waals surface area contributed by atoms with Gasteiger partial charge >= 0.3 is 5.97 Å². The number of amides is 2. The number of nitrogens with zero attached hydrogens (tertiary/aromatic N) is 1. The normalized spacial score (nSPS) is 20.3. The second kappa shape index (κ2) is 8.53. The third-order valence-corrected chi connectivity index (χ3v) is 5.84. The van der Waals surface area contributed by atoms with Crippen molar-refractivity contribution in [1.29, 1.82) is 0 Å². The summed E-state index contributed by atoms with van der Waals surface area (Å²) in [7, 11) is 0. The summed E-state index contributed by atoms with van der Waals surface area (Å²) >= 11 is 0. The minimum absolute atomic E-state index is 0.0663. The van der Waals surface area contributed by atoms with Crippen LogP contribution in [0.2, 0.25) is 0 Å². The first kappa shape index (κ1) is 19.9. The third kappa shape index (κ3) is 3.99. The molecule has 2 unspecified atom stereocenters. The van der Waals surface area contributed by atoms with Crippen LogP contribution in [0.4, 0.5) is 11.4 Å². The van der Waals surface area contributed by atoms with E-state index in [1.807, 2.05) is 30.4 Å². The van der Waals surface area contributed by atoms with Gasteiger partial charge in [-0.1, -0.05) is 30.4 Å². The fraction of sp³-hybridized carbons (Fsp3) is 0.292. The van der Waals surface area contributed by atoms with Gasteiger partial charge in [0.25, 0.3) is 5.91 Å². The first-order valence-electron chi connectivity index (χ1n) is 10.2. The van der Waals surface area contributed by atoms with Crippen LogP contribution in [-0.2, 0) is 16.0 Å². The number of nitrogens with one attached hydrogen (secondary N) is 1. The molecule has 30 heavy (non-hydrogen) atoms. The van der Waals surface area contributed by atoms with Crippen LogP contribution in [0, 0.1) is 11.8 Å². The number of allylic oxidation sites excluding steroid dienone is 2. The Balaban J connectivity index is 1.46. The molecule has 154 valence electrons. The zero-order chi connectivity index (χ0) is 21.1. The summed E-state index contributed by atoms with van der Waals surface area (Å²) in [4.78, 5) is 38.9. The molecule has 0 fully saturated rings. The van der Waals surface area contributed by atoms with Gasteiger partial charge in [-0.2, -0.15) is 0 Å². The Bertz CT molecular complexity index is 997. The van der Waals surface area contributed by atoms with Crippen LogP contribution in [0.15, 0.2) is 60.7 Å². The number of anilines is 2. The molecule has 6 nitrogen and oxygen atoms in total. The van der Waals surface area contributed by atoms with Crippen molar-refractivity contribution in [3.63, 3.8) is 0 Å². The maximum atomic E-state index is 13.0. The standard InChI is InChI=1S/C24H24N2O4/c27-22(19-8-2-3-9-20(19)24(29)30)25-18-13-11-17(12-14-18)23(28)26-15-5-7-16-6-1-4-10-21(16)26/h1-4,6,10-14,19-20H,5,7-9,15H2,(H,25,27)(H,29,30). The van der Waals surface area contributed by atoms with Gasteiger partial charge in [0.2, 0.25) is 5.91 Å². The lowest BCUT2D eigenvalue weighted by molar-refractivity contribution is -0.146. The lowest BCUT2D eigenvalue weighted by Gasteiger charge is -2.29. The molecule has 6 heteroatoms. The summed E-state index contributed by atoms with van der Waals surface area (Å²) in [5.74, 6) is -2.64. The number of carbonyl (C=O) groups is 3. The summed E-state index contributed by atoms with van der Waals surface area (Å²) < 4.78 is 0. The fourth-order valence-corrected chi connectivity index (χ4v) is 4.21.